The van der Waals surface area contributed by atoms with Crippen molar-refractivity contribution in [1.29, 1.82) is 0 Å². The Morgan fingerprint density at radius 2 is 2.00 bits per heavy atom. The van der Waals surface area contributed by atoms with Crippen LogP contribution in [-0.2, 0) is 4.79 Å². The molecular weight excluding hydrogens is 200 g/mol. The summed E-state index contributed by atoms with van der Waals surface area (Å²) in [6.45, 7) is 3.76. The van der Waals surface area contributed by atoms with E-state index in [-0.39, 0.29) is 5.91 Å². The molecule has 0 radical (unpaired) electrons. The lowest BCUT2D eigenvalue weighted by Gasteiger charge is -2.15. The van der Waals surface area contributed by atoms with Crippen molar-refractivity contribution in [3.8, 4) is 0 Å². The molecule has 0 saturated heterocycles. The van der Waals surface area contributed by atoms with E-state index >= 15 is 0 Å². The molecule has 0 spiro atoms. The number of hydrogen-bond acceptors (Lipinski definition) is 2. The van der Waals surface area contributed by atoms with Crippen LogP contribution in [0.25, 0.3) is 0 Å². The van der Waals surface area contributed by atoms with Gasteiger partial charge in [0, 0.05) is 12.6 Å². The van der Waals surface area contributed by atoms with Crippen LogP contribution in [0.15, 0.2) is 0 Å². The van der Waals surface area contributed by atoms with E-state index in [1.54, 1.807) is 0 Å². The highest BCUT2D eigenvalue weighted by molar-refractivity contribution is 5.78. The van der Waals surface area contributed by atoms with Gasteiger partial charge in [0.1, 0.15) is 0 Å². The second-order valence-electron chi connectivity index (χ2n) is 5.51. The molecule has 2 saturated carbocycles. The summed E-state index contributed by atoms with van der Waals surface area (Å²) in [5, 5.41) is 6.40. The number of carbonyl (C=O) groups excluding carboxylic acids is 1. The zero-order chi connectivity index (χ0) is 11.4. The number of hydrogen-bond donors (Lipinski definition) is 2. The number of rotatable bonds is 6. The van der Waals surface area contributed by atoms with Gasteiger partial charge in [-0.05, 0) is 37.5 Å². The fraction of sp³-hybridized carbons (Fsp3) is 0.923. The van der Waals surface area contributed by atoms with Gasteiger partial charge >= 0.3 is 0 Å². The molecule has 2 rings (SSSR count). The van der Waals surface area contributed by atoms with Gasteiger partial charge in [0.2, 0.25) is 5.91 Å². The van der Waals surface area contributed by atoms with E-state index in [4.69, 9.17) is 0 Å². The summed E-state index contributed by atoms with van der Waals surface area (Å²) in [5.74, 6) is 0.179. The van der Waals surface area contributed by atoms with E-state index < -0.39 is 0 Å². The summed E-state index contributed by atoms with van der Waals surface area (Å²) in [6.07, 6.45) is 8.80. The molecule has 0 aromatic carbocycles. The van der Waals surface area contributed by atoms with Crippen LogP contribution in [0.4, 0.5) is 0 Å². The van der Waals surface area contributed by atoms with Crippen LogP contribution in [0, 0.1) is 5.41 Å². The fourth-order valence-corrected chi connectivity index (χ4v) is 2.62. The Morgan fingerprint density at radius 1 is 1.31 bits per heavy atom. The number of nitrogens with one attached hydrogen (secondary N) is 2. The average molecular weight is 224 g/mol. The molecule has 2 N–H and O–H groups in total. The first-order valence-electron chi connectivity index (χ1n) is 6.74. The Hall–Kier alpha value is -0.570. The molecule has 2 aliphatic carbocycles. The van der Waals surface area contributed by atoms with Crippen molar-refractivity contribution in [3.63, 3.8) is 0 Å². The molecule has 0 heterocycles. The maximum Gasteiger partial charge on any atom is 0.234 e. The minimum atomic E-state index is 0.179. The minimum absolute atomic E-state index is 0.179. The molecule has 3 nitrogen and oxygen atoms in total. The van der Waals surface area contributed by atoms with Gasteiger partial charge in [0.25, 0.3) is 0 Å². The van der Waals surface area contributed by atoms with Crippen molar-refractivity contribution in [2.45, 2.75) is 57.9 Å². The summed E-state index contributed by atoms with van der Waals surface area (Å²) in [6, 6.07) is 0.454. The summed E-state index contributed by atoms with van der Waals surface area (Å²) in [5.41, 5.74) is 0.535. The molecule has 3 heteroatoms. The van der Waals surface area contributed by atoms with Gasteiger partial charge in [-0.3, -0.25) is 4.79 Å². The van der Waals surface area contributed by atoms with Gasteiger partial charge < -0.3 is 10.6 Å². The van der Waals surface area contributed by atoms with Crippen LogP contribution in [0.3, 0.4) is 0 Å². The molecule has 16 heavy (non-hydrogen) atoms. The molecule has 92 valence electrons. The van der Waals surface area contributed by atoms with Crippen molar-refractivity contribution in [2.24, 2.45) is 5.41 Å². The van der Waals surface area contributed by atoms with Gasteiger partial charge in [-0.2, -0.15) is 0 Å². The zero-order valence-corrected chi connectivity index (χ0v) is 10.3. The maximum atomic E-state index is 11.6. The molecule has 0 aromatic rings. The lowest BCUT2D eigenvalue weighted by Crippen LogP contribution is -2.40. The molecule has 0 bridgehead atoms. The van der Waals surface area contributed by atoms with E-state index in [1.165, 1.54) is 44.9 Å². The third kappa shape index (κ3) is 3.21. The standard InChI is InChI=1S/C13H24N2O/c1-2-13(7-8-13)10-14-9-12(16)15-11-5-3-4-6-11/h11,14H,2-10H2,1H3,(H,15,16). The van der Waals surface area contributed by atoms with Gasteiger partial charge in [0.05, 0.1) is 6.54 Å². The third-order valence-corrected chi connectivity index (χ3v) is 4.21. The Morgan fingerprint density at radius 3 is 2.56 bits per heavy atom. The smallest absolute Gasteiger partial charge is 0.234 e. The second-order valence-corrected chi connectivity index (χ2v) is 5.51. The minimum Gasteiger partial charge on any atom is -0.352 e. The highest BCUT2D eigenvalue weighted by Gasteiger charge is 2.39. The maximum absolute atomic E-state index is 11.6. The van der Waals surface area contributed by atoms with E-state index in [1.807, 2.05) is 0 Å². The summed E-state index contributed by atoms with van der Waals surface area (Å²) < 4.78 is 0. The lowest BCUT2D eigenvalue weighted by atomic mass is 10.0. The highest BCUT2D eigenvalue weighted by Crippen LogP contribution is 2.47. The predicted molar refractivity (Wildman–Crippen MR) is 65.2 cm³/mol. The molecule has 0 aromatic heterocycles. The van der Waals surface area contributed by atoms with Crippen LogP contribution in [0.5, 0.6) is 0 Å². The normalized spacial score (nSPS) is 23.3. The van der Waals surface area contributed by atoms with Crippen molar-refractivity contribution in [2.75, 3.05) is 13.1 Å². The Labute approximate surface area is 98.4 Å². The van der Waals surface area contributed by atoms with Gasteiger partial charge in [-0.25, -0.2) is 0 Å². The number of carbonyl (C=O) groups is 1. The first-order valence-corrected chi connectivity index (χ1v) is 6.74. The topological polar surface area (TPSA) is 41.1 Å². The van der Waals surface area contributed by atoms with E-state index in [9.17, 15) is 4.79 Å². The van der Waals surface area contributed by atoms with Crippen LogP contribution < -0.4 is 10.6 Å². The van der Waals surface area contributed by atoms with Crippen LogP contribution in [0.2, 0.25) is 0 Å². The average Bonchev–Trinajstić information content (AvgIpc) is 2.87. The molecule has 2 aliphatic rings. The monoisotopic (exact) mass is 224 g/mol. The fourth-order valence-electron chi connectivity index (χ4n) is 2.62. The second kappa shape index (κ2) is 5.17. The largest absolute Gasteiger partial charge is 0.352 e. The first-order chi connectivity index (χ1) is 7.74. The molecule has 0 atom stereocenters. The van der Waals surface area contributed by atoms with Crippen LogP contribution in [-0.4, -0.2) is 25.0 Å². The highest BCUT2D eigenvalue weighted by atomic mass is 16.1. The SMILES string of the molecule is CCC1(CNCC(=O)NC2CCCC2)CC1. The lowest BCUT2D eigenvalue weighted by molar-refractivity contribution is -0.120. The summed E-state index contributed by atoms with van der Waals surface area (Å²) in [7, 11) is 0. The van der Waals surface area contributed by atoms with Crippen molar-refractivity contribution >= 4 is 5.91 Å². The predicted octanol–water partition coefficient (Wildman–Crippen LogP) is 1.82. The van der Waals surface area contributed by atoms with Crippen LogP contribution in [0.1, 0.15) is 51.9 Å². The molecule has 1 amide bonds. The van der Waals surface area contributed by atoms with E-state index in [0.29, 0.717) is 18.0 Å². The quantitative estimate of drug-likeness (QED) is 0.722. The van der Waals surface area contributed by atoms with Crippen molar-refractivity contribution in [1.82, 2.24) is 10.6 Å². The molecule has 0 aliphatic heterocycles. The van der Waals surface area contributed by atoms with E-state index in [0.717, 1.165) is 6.54 Å². The molecule has 2 fully saturated rings. The summed E-state index contributed by atoms with van der Waals surface area (Å²) >= 11 is 0. The van der Waals surface area contributed by atoms with Gasteiger partial charge in [-0.15, -0.1) is 0 Å². The van der Waals surface area contributed by atoms with E-state index in [2.05, 4.69) is 17.6 Å². The Bertz CT molecular complexity index is 242. The molecular formula is C13H24N2O. The van der Waals surface area contributed by atoms with Crippen molar-refractivity contribution in [3.05, 3.63) is 0 Å². The zero-order valence-electron chi connectivity index (χ0n) is 10.3. The van der Waals surface area contributed by atoms with Gasteiger partial charge in [-0.1, -0.05) is 19.8 Å². The first kappa shape index (κ1) is 11.9. The van der Waals surface area contributed by atoms with Gasteiger partial charge in [0.15, 0.2) is 0 Å². The Balaban J connectivity index is 1.57. The molecule has 0 unspecified atom stereocenters. The van der Waals surface area contributed by atoms with Crippen molar-refractivity contribution < 1.29 is 4.79 Å². The third-order valence-electron chi connectivity index (χ3n) is 4.21. The summed E-state index contributed by atoms with van der Waals surface area (Å²) in [4.78, 5) is 11.6. The Kier molecular flexibility index (Phi) is 3.85. The number of amides is 1. The van der Waals surface area contributed by atoms with Crippen LogP contribution >= 0.6 is 0 Å².